The van der Waals surface area contributed by atoms with E-state index in [-0.39, 0.29) is 24.1 Å². The van der Waals surface area contributed by atoms with Gasteiger partial charge in [0.2, 0.25) is 11.8 Å². The van der Waals surface area contributed by atoms with Crippen molar-refractivity contribution in [1.29, 1.82) is 0 Å². The Balaban J connectivity index is 1.20. The highest BCUT2D eigenvalue weighted by Crippen LogP contribution is 2.52. The first-order valence-corrected chi connectivity index (χ1v) is 10.8. The van der Waals surface area contributed by atoms with Gasteiger partial charge in [-0.1, -0.05) is 31.7 Å². The van der Waals surface area contributed by atoms with Gasteiger partial charge in [-0.15, -0.1) is 0 Å². The summed E-state index contributed by atoms with van der Waals surface area (Å²) in [7, 11) is 0. The van der Waals surface area contributed by atoms with Crippen LogP contribution in [-0.2, 0) is 15.8 Å². The van der Waals surface area contributed by atoms with E-state index in [1.54, 1.807) is 0 Å². The number of carbonyl (C=O) groups excluding carboxylic acids is 2. The molecule has 2 saturated carbocycles. The zero-order chi connectivity index (χ0) is 21.3. The van der Waals surface area contributed by atoms with E-state index < -0.39 is 17.6 Å². The number of fused-ring (bicyclic) bond motifs is 1. The van der Waals surface area contributed by atoms with Gasteiger partial charge in [0.05, 0.1) is 12.1 Å². The standard InChI is InChI=1S/C22H28F3N3O2/c23-22(24,25)14-6-5-7-15(10-14)27-19(29)11-26-21(30)20-17-12-28(13-18(17)20)16-8-3-1-2-4-9-16/h5-7,10,16-18,20H,1-4,8-9,11-13H2,(H,26,30)(H,27,29)/t17-,18+,20?. The van der Waals surface area contributed by atoms with Crippen molar-refractivity contribution in [1.82, 2.24) is 10.2 Å². The van der Waals surface area contributed by atoms with Crippen LogP contribution in [0, 0.1) is 17.8 Å². The summed E-state index contributed by atoms with van der Waals surface area (Å²) in [5.74, 6) is 0.0613. The van der Waals surface area contributed by atoms with Gasteiger partial charge in [-0.25, -0.2) is 0 Å². The van der Waals surface area contributed by atoms with Gasteiger partial charge >= 0.3 is 6.18 Å². The first-order chi connectivity index (χ1) is 14.3. The molecule has 30 heavy (non-hydrogen) atoms. The van der Waals surface area contributed by atoms with E-state index in [1.165, 1.54) is 50.7 Å². The first kappa shape index (κ1) is 21.2. The number of rotatable bonds is 5. The number of benzene rings is 1. The van der Waals surface area contributed by atoms with Crippen molar-refractivity contribution in [3.05, 3.63) is 29.8 Å². The molecule has 0 spiro atoms. The highest BCUT2D eigenvalue weighted by atomic mass is 19.4. The van der Waals surface area contributed by atoms with Gasteiger partial charge in [0.1, 0.15) is 0 Å². The first-order valence-electron chi connectivity index (χ1n) is 10.8. The third kappa shape index (κ3) is 4.79. The Bertz CT molecular complexity index is 778. The Hall–Kier alpha value is -2.09. The smallest absolute Gasteiger partial charge is 0.347 e. The number of alkyl halides is 3. The number of nitrogens with one attached hydrogen (secondary N) is 2. The summed E-state index contributed by atoms with van der Waals surface area (Å²) in [5, 5.41) is 5.06. The zero-order valence-corrected chi connectivity index (χ0v) is 16.9. The number of hydrogen-bond acceptors (Lipinski definition) is 3. The molecule has 8 heteroatoms. The summed E-state index contributed by atoms with van der Waals surface area (Å²) in [5.41, 5.74) is -0.764. The van der Waals surface area contributed by atoms with Crippen LogP contribution in [0.2, 0.25) is 0 Å². The maximum absolute atomic E-state index is 12.8. The molecule has 2 N–H and O–H groups in total. The van der Waals surface area contributed by atoms with E-state index in [9.17, 15) is 22.8 Å². The quantitative estimate of drug-likeness (QED) is 0.711. The Kier molecular flexibility index (Phi) is 6.04. The number of carbonyl (C=O) groups is 2. The highest BCUT2D eigenvalue weighted by molar-refractivity contribution is 5.95. The lowest BCUT2D eigenvalue weighted by Crippen LogP contribution is -2.39. The lowest BCUT2D eigenvalue weighted by molar-refractivity contribution is -0.137. The number of halogens is 3. The fourth-order valence-electron chi connectivity index (χ4n) is 5.13. The van der Waals surface area contributed by atoms with Crippen LogP contribution >= 0.6 is 0 Å². The Morgan fingerprint density at radius 2 is 1.70 bits per heavy atom. The van der Waals surface area contributed by atoms with Crippen LogP contribution in [-0.4, -0.2) is 42.4 Å². The molecule has 3 fully saturated rings. The summed E-state index contributed by atoms with van der Waals surface area (Å²) in [4.78, 5) is 27.0. The topological polar surface area (TPSA) is 61.4 Å². The van der Waals surface area contributed by atoms with Crippen LogP contribution < -0.4 is 10.6 Å². The monoisotopic (exact) mass is 423 g/mol. The molecule has 4 rings (SSSR count). The third-order valence-electron chi connectivity index (χ3n) is 6.76. The normalized spacial score (nSPS) is 27.2. The molecule has 164 valence electrons. The second-order valence-corrected chi connectivity index (χ2v) is 8.80. The highest BCUT2D eigenvalue weighted by Gasteiger charge is 2.59. The average molecular weight is 423 g/mol. The summed E-state index contributed by atoms with van der Waals surface area (Å²) < 4.78 is 38.3. The maximum atomic E-state index is 12.8. The molecule has 1 heterocycles. The second kappa shape index (κ2) is 8.57. The van der Waals surface area contributed by atoms with Gasteiger partial charge in [-0.05, 0) is 42.9 Å². The summed E-state index contributed by atoms with van der Waals surface area (Å²) in [6, 6.07) is 5.11. The number of hydrogen-bond donors (Lipinski definition) is 2. The predicted molar refractivity (Wildman–Crippen MR) is 107 cm³/mol. The van der Waals surface area contributed by atoms with Crippen LogP contribution in [0.5, 0.6) is 0 Å². The fourth-order valence-corrected chi connectivity index (χ4v) is 5.13. The lowest BCUT2D eigenvalue weighted by Gasteiger charge is -2.28. The van der Waals surface area contributed by atoms with Crippen molar-refractivity contribution in [2.45, 2.75) is 50.7 Å². The molecule has 2 amide bonds. The minimum absolute atomic E-state index is 0.0339. The van der Waals surface area contributed by atoms with E-state index in [0.717, 1.165) is 25.2 Å². The average Bonchev–Trinajstić information content (AvgIpc) is 3.33. The molecule has 5 nitrogen and oxygen atoms in total. The van der Waals surface area contributed by atoms with Crippen LogP contribution in [0.3, 0.4) is 0 Å². The van der Waals surface area contributed by atoms with Gasteiger partial charge in [0.15, 0.2) is 0 Å². The van der Waals surface area contributed by atoms with Crippen molar-refractivity contribution in [2.75, 3.05) is 25.0 Å². The third-order valence-corrected chi connectivity index (χ3v) is 6.76. The number of nitrogens with zero attached hydrogens (tertiary/aromatic N) is 1. The second-order valence-electron chi connectivity index (χ2n) is 8.80. The summed E-state index contributed by atoms with van der Waals surface area (Å²) in [6.45, 7) is 1.69. The van der Waals surface area contributed by atoms with E-state index in [2.05, 4.69) is 15.5 Å². The number of piperidine rings is 1. The fraction of sp³-hybridized carbons (Fsp3) is 0.636. The van der Waals surface area contributed by atoms with Gasteiger partial charge in [0.25, 0.3) is 0 Å². The molecule has 1 saturated heterocycles. The zero-order valence-electron chi connectivity index (χ0n) is 16.9. The molecule has 0 radical (unpaired) electrons. The van der Waals surface area contributed by atoms with Crippen molar-refractivity contribution < 1.29 is 22.8 Å². The lowest BCUT2D eigenvalue weighted by atomic mass is 10.1. The summed E-state index contributed by atoms with van der Waals surface area (Å²) in [6.07, 6.45) is 3.28. The van der Waals surface area contributed by atoms with Crippen molar-refractivity contribution in [3.8, 4) is 0 Å². The molecule has 1 aliphatic heterocycles. The molecule has 2 aliphatic carbocycles. The Labute approximate surface area is 174 Å². The van der Waals surface area contributed by atoms with Crippen LogP contribution in [0.4, 0.5) is 18.9 Å². The largest absolute Gasteiger partial charge is 0.416 e. The number of amides is 2. The van der Waals surface area contributed by atoms with Crippen molar-refractivity contribution in [2.24, 2.45) is 17.8 Å². The van der Waals surface area contributed by atoms with Gasteiger partial charge < -0.3 is 10.6 Å². The minimum Gasteiger partial charge on any atom is -0.347 e. The molecule has 1 aromatic carbocycles. The van der Waals surface area contributed by atoms with Crippen molar-refractivity contribution in [3.63, 3.8) is 0 Å². The number of likely N-dealkylation sites (tertiary alicyclic amines) is 1. The number of anilines is 1. The van der Waals surface area contributed by atoms with E-state index in [1.807, 2.05) is 0 Å². The Morgan fingerprint density at radius 1 is 1.03 bits per heavy atom. The van der Waals surface area contributed by atoms with Gasteiger partial charge in [-0.2, -0.15) is 13.2 Å². The minimum atomic E-state index is -4.47. The van der Waals surface area contributed by atoms with E-state index in [0.29, 0.717) is 17.9 Å². The van der Waals surface area contributed by atoms with E-state index in [4.69, 9.17) is 0 Å². The molecule has 1 unspecified atom stereocenters. The van der Waals surface area contributed by atoms with Crippen molar-refractivity contribution >= 4 is 17.5 Å². The van der Waals surface area contributed by atoms with Gasteiger partial charge in [0, 0.05) is 30.7 Å². The Morgan fingerprint density at radius 3 is 2.33 bits per heavy atom. The summed E-state index contributed by atoms with van der Waals surface area (Å²) >= 11 is 0. The van der Waals surface area contributed by atoms with Gasteiger partial charge in [-0.3, -0.25) is 14.5 Å². The van der Waals surface area contributed by atoms with Crippen LogP contribution in [0.25, 0.3) is 0 Å². The van der Waals surface area contributed by atoms with Crippen LogP contribution in [0.15, 0.2) is 24.3 Å². The van der Waals surface area contributed by atoms with E-state index >= 15 is 0 Å². The SMILES string of the molecule is O=C(CNC(=O)C1[C@H]2CN(C3CCCCCC3)C[C@@H]12)Nc1cccc(C(F)(F)F)c1. The predicted octanol–water partition coefficient (Wildman–Crippen LogP) is 3.66. The van der Waals surface area contributed by atoms with Crippen LogP contribution in [0.1, 0.15) is 44.1 Å². The molecule has 0 aromatic heterocycles. The molecule has 3 atom stereocenters. The maximum Gasteiger partial charge on any atom is 0.416 e. The molecular formula is C22H28F3N3O2. The molecule has 0 bridgehead atoms. The molecular weight excluding hydrogens is 395 g/mol. The molecule has 3 aliphatic rings. The molecule has 1 aromatic rings.